The fourth-order valence-electron chi connectivity index (χ4n) is 1.53. The lowest BCUT2D eigenvalue weighted by atomic mass is 9.98. The number of halogens is 1. The summed E-state index contributed by atoms with van der Waals surface area (Å²) in [4.78, 5) is 25.7. The SMILES string of the molecule is CCC(CO)(CO)NC(=O)c1ccnc(Cl)c1[N+](=O)[O-]. The van der Waals surface area contributed by atoms with Gasteiger partial charge >= 0.3 is 5.69 Å². The molecule has 0 aliphatic rings. The Hall–Kier alpha value is -1.77. The Bertz CT molecular complexity index is 511. The molecule has 0 aliphatic carbocycles. The summed E-state index contributed by atoms with van der Waals surface area (Å²) < 4.78 is 0. The van der Waals surface area contributed by atoms with E-state index in [1.165, 1.54) is 0 Å². The van der Waals surface area contributed by atoms with E-state index in [1.54, 1.807) is 6.92 Å². The minimum atomic E-state index is -1.25. The Morgan fingerprint density at radius 3 is 2.60 bits per heavy atom. The molecular weight excluding hydrogens is 290 g/mol. The Morgan fingerprint density at radius 2 is 2.15 bits per heavy atom. The minimum Gasteiger partial charge on any atom is -0.394 e. The summed E-state index contributed by atoms with van der Waals surface area (Å²) in [6.45, 7) is 0.650. The molecule has 20 heavy (non-hydrogen) atoms. The van der Waals surface area contributed by atoms with Gasteiger partial charge in [-0.1, -0.05) is 18.5 Å². The number of hydrogen-bond donors (Lipinski definition) is 3. The van der Waals surface area contributed by atoms with Crippen molar-refractivity contribution in [3.05, 3.63) is 33.1 Å². The zero-order valence-corrected chi connectivity index (χ0v) is 11.4. The molecule has 1 heterocycles. The van der Waals surface area contributed by atoms with Gasteiger partial charge in [-0.3, -0.25) is 14.9 Å². The third-order valence-electron chi connectivity index (χ3n) is 2.97. The van der Waals surface area contributed by atoms with Gasteiger partial charge in [0.25, 0.3) is 5.91 Å². The molecule has 3 N–H and O–H groups in total. The first-order chi connectivity index (χ1) is 9.40. The summed E-state index contributed by atoms with van der Waals surface area (Å²) >= 11 is 5.61. The number of aliphatic hydroxyl groups is 2. The molecule has 0 fully saturated rings. The summed E-state index contributed by atoms with van der Waals surface area (Å²) in [5.41, 5.74) is -2.15. The average molecular weight is 304 g/mol. The van der Waals surface area contributed by atoms with Gasteiger partial charge in [-0.2, -0.15) is 0 Å². The fraction of sp³-hybridized carbons (Fsp3) is 0.455. The molecule has 0 bridgehead atoms. The van der Waals surface area contributed by atoms with Crippen LogP contribution in [-0.2, 0) is 0 Å². The van der Waals surface area contributed by atoms with Crippen LogP contribution >= 0.6 is 11.6 Å². The number of nitro groups is 1. The number of rotatable bonds is 6. The van der Waals surface area contributed by atoms with E-state index in [0.717, 1.165) is 12.3 Å². The number of nitrogens with one attached hydrogen (secondary N) is 1. The van der Waals surface area contributed by atoms with Crippen molar-refractivity contribution in [2.45, 2.75) is 18.9 Å². The lowest BCUT2D eigenvalue weighted by Gasteiger charge is -2.29. The van der Waals surface area contributed by atoms with Crippen LogP contribution in [0.4, 0.5) is 5.69 Å². The summed E-state index contributed by atoms with van der Waals surface area (Å²) in [5.74, 6) is -0.814. The lowest BCUT2D eigenvalue weighted by molar-refractivity contribution is -0.385. The van der Waals surface area contributed by atoms with Gasteiger partial charge in [-0.15, -0.1) is 0 Å². The van der Waals surface area contributed by atoms with E-state index in [4.69, 9.17) is 11.6 Å². The van der Waals surface area contributed by atoms with Crippen LogP contribution in [0.3, 0.4) is 0 Å². The Balaban J connectivity index is 3.16. The number of nitrogens with zero attached hydrogens (tertiary/aromatic N) is 2. The first kappa shape index (κ1) is 16.3. The quantitative estimate of drug-likeness (QED) is 0.399. The molecule has 0 radical (unpaired) electrons. The number of carbonyl (C=O) groups is 1. The zero-order chi connectivity index (χ0) is 15.3. The monoisotopic (exact) mass is 303 g/mol. The van der Waals surface area contributed by atoms with E-state index in [2.05, 4.69) is 10.3 Å². The number of aliphatic hydroxyl groups excluding tert-OH is 2. The number of amides is 1. The summed E-state index contributed by atoms with van der Waals surface area (Å²) in [6, 6.07) is 1.15. The third kappa shape index (κ3) is 3.21. The van der Waals surface area contributed by atoms with E-state index in [9.17, 15) is 25.1 Å². The van der Waals surface area contributed by atoms with Crippen LogP contribution in [0.2, 0.25) is 5.15 Å². The van der Waals surface area contributed by atoms with Crippen LogP contribution in [0.25, 0.3) is 0 Å². The van der Waals surface area contributed by atoms with Crippen molar-refractivity contribution in [3.63, 3.8) is 0 Å². The fourth-order valence-corrected chi connectivity index (χ4v) is 1.76. The van der Waals surface area contributed by atoms with Crippen LogP contribution in [0, 0.1) is 10.1 Å². The van der Waals surface area contributed by atoms with Crippen molar-refractivity contribution in [1.29, 1.82) is 0 Å². The number of pyridine rings is 1. The van der Waals surface area contributed by atoms with Crippen molar-refractivity contribution in [2.24, 2.45) is 0 Å². The smallest absolute Gasteiger partial charge is 0.319 e. The number of hydrogen-bond acceptors (Lipinski definition) is 6. The second-order valence-electron chi connectivity index (χ2n) is 4.16. The molecule has 0 saturated carbocycles. The molecule has 1 aromatic heterocycles. The van der Waals surface area contributed by atoms with Crippen molar-refractivity contribution >= 4 is 23.2 Å². The zero-order valence-electron chi connectivity index (χ0n) is 10.7. The summed E-state index contributed by atoms with van der Waals surface area (Å²) in [5, 5.41) is 31.4. The van der Waals surface area contributed by atoms with Crippen LogP contribution < -0.4 is 5.32 Å². The molecule has 0 aromatic carbocycles. The van der Waals surface area contributed by atoms with Crippen LogP contribution in [-0.4, -0.2) is 44.8 Å². The Labute approximate surface area is 119 Å². The second-order valence-corrected chi connectivity index (χ2v) is 4.52. The van der Waals surface area contributed by atoms with Crippen LogP contribution in [0.1, 0.15) is 23.7 Å². The van der Waals surface area contributed by atoms with E-state index in [0.29, 0.717) is 0 Å². The molecule has 8 nitrogen and oxygen atoms in total. The lowest BCUT2D eigenvalue weighted by Crippen LogP contribution is -2.53. The van der Waals surface area contributed by atoms with Gasteiger partial charge in [-0.05, 0) is 12.5 Å². The Morgan fingerprint density at radius 1 is 1.55 bits per heavy atom. The van der Waals surface area contributed by atoms with Crippen molar-refractivity contribution in [3.8, 4) is 0 Å². The van der Waals surface area contributed by atoms with Gasteiger partial charge in [0, 0.05) is 6.20 Å². The molecule has 1 amide bonds. The van der Waals surface area contributed by atoms with Gasteiger partial charge in [0.15, 0.2) is 0 Å². The topological polar surface area (TPSA) is 126 Å². The van der Waals surface area contributed by atoms with Gasteiger partial charge in [0.05, 0.1) is 23.7 Å². The van der Waals surface area contributed by atoms with Gasteiger partial charge < -0.3 is 15.5 Å². The second kappa shape index (κ2) is 6.60. The maximum absolute atomic E-state index is 12.1. The predicted octanol–water partition coefficient (Wildman–Crippen LogP) is 0.506. The molecule has 0 unspecified atom stereocenters. The van der Waals surface area contributed by atoms with Crippen molar-refractivity contribution < 1.29 is 19.9 Å². The number of aromatic nitrogens is 1. The molecule has 0 aliphatic heterocycles. The molecule has 0 spiro atoms. The molecule has 1 rings (SSSR count). The van der Waals surface area contributed by atoms with Crippen molar-refractivity contribution in [1.82, 2.24) is 10.3 Å². The van der Waals surface area contributed by atoms with E-state index >= 15 is 0 Å². The molecule has 1 aromatic rings. The summed E-state index contributed by atoms with van der Waals surface area (Å²) in [7, 11) is 0. The van der Waals surface area contributed by atoms with Crippen LogP contribution in [0.15, 0.2) is 12.3 Å². The van der Waals surface area contributed by atoms with Gasteiger partial charge in [-0.25, -0.2) is 4.98 Å². The largest absolute Gasteiger partial charge is 0.394 e. The van der Waals surface area contributed by atoms with Gasteiger partial charge in [0.1, 0.15) is 5.56 Å². The molecule has 9 heteroatoms. The maximum atomic E-state index is 12.1. The minimum absolute atomic E-state index is 0.248. The third-order valence-corrected chi connectivity index (χ3v) is 3.24. The molecule has 0 atom stereocenters. The summed E-state index contributed by atoms with van der Waals surface area (Å²) in [6.07, 6.45) is 1.41. The highest BCUT2D eigenvalue weighted by Gasteiger charge is 2.32. The first-order valence-corrected chi connectivity index (χ1v) is 6.11. The molecule has 0 saturated heterocycles. The van der Waals surface area contributed by atoms with E-state index in [-0.39, 0.29) is 12.0 Å². The molecular formula is C11H14ClN3O5. The average Bonchev–Trinajstić information content (AvgIpc) is 2.44. The highest BCUT2D eigenvalue weighted by Crippen LogP contribution is 2.26. The highest BCUT2D eigenvalue weighted by atomic mass is 35.5. The van der Waals surface area contributed by atoms with Gasteiger partial charge in [0.2, 0.25) is 5.15 Å². The van der Waals surface area contributed by atoms with Crippen LogP contribution in [0.5, 0.6) is 0 Å². The Kier molecular flexibility index (Phi) is 5.37. The standard InChI is InChI=1S/C11H14ClN3O5/c1-2-11(5-16,6-17)14-10(18)7-3-4-13-9(12)8(7)15(19)20/h3-4,16-17H,2,5-6H2,1H3,(H,14,18). The highest BCUT2D eigenvalue weighted by molar-refractivity contribution is 6.32. The van der Waals surface area contributed by atoms with Crippen molar-refractivity contribution in [2.75, 3.05) is 13.2 Å². The normalized spacial score (nSPS) is 11.2. The first-order valence-electron chi connectivity index (χ1n) is 5.74. The molecule has 110 valence electrons. The maximum Gasteiger partial charge on any atom is 0.319 e. The predicted molar refractivity (Wildman–Crippen MR) is 70.6 cm³/mol. The van der Waals surface area contributed by atoms with E-state index < -0.39 is 40.4 Å². The van der Waals surface area contributed by atoms with E-state index in [1.807, 2.05) is 0 Å². The number of carbonyl (C=O) groups excluding carboxylic acids is 1.